The number of rotatable bonds is 0. The van der Waals surface area contributed by atoms with Crippen LogP contribution in [0, 0.1) is 3.57 Å². The zero-order chi connectivity index (χ0) is 13.9. The Hall–Kier alpha value is -1.74. The largest absolute Gasteiger partial charge is 0.342 e. The molecule has 100 valence electrons. The zero-order valence-corrected chi connectivity index (χ0v) is 12.9. The fourth-order valence-corrected chi connectivity index (χ4v) is 2.39. The van der Waals surface area contributed by atoms with Gasteiger partial charge in [-0.05, 0) is 34.7 Å². The number of halogens is 2. The third kappa shape index (κ3) is 2.59. The van der Waals surface area contributed by atoms with E-state index in [0.29, 0.717) is 10.7 Å². The van der Waals surface area contributed by atoms with Crippen molar-refractivity contribution in [2.75, 3.05) is 0 Å². The maximum absolute atomic E-state index is 5.79. The van der Waals surface area contributed by atoms with Gasteiger partial charge in [-0.25, -0.2) is 19.9 Å². The van der Waals surface area contributed by atoms with Crippen molar-refractivity contribution in [2.45, 2.75) is 0 Å². The molecule has 0 aromatic carbocycles. The molecular formula is C12H8ClIN6. The number of hydrogen-bond donors (Lipinski definition) is 2. The second-order valence-electron chi connectivity index (χ2n) is 3.79. The number of aromatic amines is 2. The maximum Gasteiger partial charge on any atom is 0.178 e. The van der Waals surface area contributed by atoms with Crippen LogP contribution in [0.5, 0.6) is 0 Å². The number of nitrogens with one attached hydrogen (secondary N) is 2. The highest BCUT2D eigenvalue weighted by Crippen LogP contribution is 2.16. The highest BCUT2D eigenvalue weighted by Gasteiger charge is 1.99. The highest BCUT2D eigenvalue weighted by atomic mass is 127. The molecule has 0 radical (unpaired) electrons. The van der Waals surface area contributed by atoms with Crippen LogP contribution in [-0.2, 0) is 0 Å². The number of aromatic nitrogens is 6. The SMILES string of the molecule is Clc1ccnc2nc[nH]c12.Ic1ccnc2nc[nH]c12. The van der Waals surface area contributed by atoms with Gasteiger partial charge in [0.2, 0.25) is 0 Å². The Morgan fingerprint density at radius 3 is 2.10 bits per heavy atom. The Kier molecular flexibility index (Phi) is 3.79. The van der Waals surface area contributed by atoms with Gasteiger partial charge in [-0.2, -0.15) is 0 Å². The number of H-pyrrole nitrogens is 2. The first-order valence-electron chi connectivity index (χ1n) is 5.63. The lowest BCUT2D eigenvalue weighted by Gasteiger charge is -1.88. The summed E-state index contributed by atoms with van der Waals surface area (Å²) in [5, 5.41) is 0.655. The number of imidazole rings is 2. The summed E-state index contributed by atoms with van der Waals surface area (Å²) in [6.07, 6.45) is 6.61. The molecule has 0 atom stereocenters. The van der Waals surface area contributed by atoms with Gasteiger partial charge in [-0.3, -0.25) is 0 Å². The van der Waals surface area contributed by atoms with Gasteiger partial charge in [0, 0.05) is 16.0 Å². The average Bonchev–Trinajstić information content (AvgIpc) is 3.08. The van der Waals surface area contributed by atoms with Crippen LogP contribution in [0.25, 0.3) is 22.3 Å². The third-order valence-electron chi connectivity index (χ3n) is 2.55. The summed E-state index contributed by atoms with van der Waals surface area (Å²) in [7, 11) is 0. The van der Waals surface area contributed by atoms with Crippen molar-refractivity contribution in [1.82, 2.24) is 29.9 Å². The summed E-state index contributed by atoms with van der Waals surface area (Å²) in [6, 6.07) is 3.67. The van der Waals surface area contributed by atoms with E-state index >= 15 is 0 Å². The van der Waals surface area contributed by atoms with Crippen molar-refractivity contribution in [1.29, 1.82) is 0 Å². The molecule has 0 saturated carbocycles. The van der Waals surface area contributed by atoms with Crippen molar-refractivity contribution in [3.8, 4) is 0 Å². The smallest absolute Gasteiger partial charge is 0.178 e. The van der Waals surface area contributed by atoms with E-state index in [1.165, 1.54) is 0 Å². The molecule has 0 fully saturated rings. The van der Waals surface area contributed by atoms with E-state index in [1.54, 1.807) is 31.1 Å². The molecule has 20 heavy (non-hydrogen) atoms. The van der Waals surface area contributed by atoms with Gasteiger partial charge in [-0.15, -0.1) is 0 Å². The van der Waals surface area contributed by atoms with E-state index in [4.69, 9.17) is 11.6 Å². The molecule has 6 nitrogen and oxygen atoms in total. The van der Waals surface area contributed by atoms with Crippen LogP contribution in [0.3, 0.4) is 0 Å². The average molecular weight is 399 g/mol. The molecule has 0 saturated heterocycles. The summed E-state index contributed by atoms with van der Waals surface area (Å²) in [4.78, 5) is 21.9. The Balaban J connectivity index is 0.000000121. The minimum atomic E-state index is 0.655. The standard InChI is InChI=1S/C6H4ClN3.C6H4IN3/c2*7-4-1-2-8-6-5(4)9-3-10-6/h2*1-3H,(H,8,9,10). The van der Waals surface area contributed by atoms with Crippen molar-refractivity contribution in [2.24, 2.45) is 0 Å². The van der Waals surface area contributed by atoms with Gasteiger partial charge in [0.05, 0.1) is 23.2 Å². The van der Waals surface area contributed by atoms with E-state index in [2.05, 4.69) is 52.5 Å². The number of hydrogen-bond acceptors (Lipinski definition) is 4. The summed E-state index contributed by atoms with van der Waals surface area (Å²) in [5.74, 6) is 0. The molecular weight excluding hydrogens is 391 g/mol. The lowest BCUT2D eigenvalue weighted by atomic mass is 10.4. The Bertz CT molecular complexity index is 783. The van der Waals surface area contributed by atoms with E-state index in [1.807, 2.05) is 6.07 Å². The van der Waals surface area contributed by atoms with Gasteiger partial charge < -0.3 is 9.97 Å². The van der Waals surface area contributed by atoms with Gasteiger partial charge in [-0.1, -0.05) is 11.6 Å². The lowest BCUT2D eigenvalue weighted by molar-refractivity contribution is 1.30. The first-order chi connectivity index (χ1) is 9.75. The molecule has 2 N–H and O–H groups in total. The van der Waals surface area contributed by atoms with Crippen LogP contribution in [0.15, 0.2) is 37.2 Å². The molecule has 0 aliphatic heterocycles. The minimum absolute atomic E-state index is 0.655. The first-order valence-corrected chi connectivity index (χ1v) is 7.08. The predicted octanol–water partition coefficient (Wildman–Crippen LogP) is 3.17. The zero-order valence-electron chi connectivity index (χ0n) is 10.0. The predicted molar refractivity (Wildman–Crippen MR) is 85.5 cm³/mol. The molecule has 0 unspecified atom stereocenters. The van der Waals surface area contributed by atoms with E-state index in [-0.39, 0.29) is 0 Å². The summed E-state index contributed by atoms with van der Waals surface area (Å²) >= 11 is 8.03. The molecule has 4 heterocycles. The second-order valence-corrected chi connectivity index (χ2v) is 5.36. The Morgan fingerprint density at radius 2 is 1.45 bits per heavy atom. The molecule has 4 aromatic rings. The van der Waals surface area contributed by atoms with E-state index in [9.17, 15) is 0 Å². The van der Waals surface area contributed by atoms with Gasteiger partial charge in [0.1, 0.15) is 5.52 Å². The topological polar surface area (TPSA) is 83.1 Å². The number of pyridine rings is 2. The van der Waals surface area contributed by atoms with Crippen LogP contribution >= 0.6 is 34.2 Å². The van der Waals surface area contributed by atoms with Crippen molar-refractivity contribution < 1.29 is 0 Å². The summed E-state index contributed by atoms with van der Waals surface area (Å²) in [5.41, 5.74) is 3.26. The second kappa shape index (κ2) is 5.71. The maximum atomic E-state index is 5.79. The van der Waals surface area contributed by atoms with Crippen LogP contribution in [0.4, 0.5) is 0 Å². The van der Waals surface area contributed by atoms with Gasteiger partial charge in [0.25, 0.3) is 0 Å². The van der Waals surface area contributed by atoms with Crippen LogP contribution < -0.4 is 0 Å². The first kappa shape index (κ1) is 13.3. The monoisotopic (exact) mass is 398 g/mol. The third-order valence-corrected chi connectivity index (χ3v) is 3.77. The molecule has 4 aromatic heterocycles. The molecule has 0 aliphatic carbocycles. The van der Waals surface area contributed by atoms with Crippen LogP contribution in [0.2, 0.25) is 5.02 Å². The van der Waals surface area contributed by atoms with Crippen molar-refractivity contribution in [3.63, 3.8) is 0 Å². The molecule has 0 amide bonds. The molecule has 0 aliphatic rings. The highest BCUT2D eigenvalue weighted by molar-refractivity contribution is 14.1. The van der Waals surface area contributed by atoms with Crippen LogP contribution in [0.1, 0.15) is 0 Å². The number of fused-ring (bicyclic) bond motifs is 2. The van der Waals surface area contributed by atoms with E-state index < -0.39 is 0 Å². The van der Waals surface area contributed by atoms with Crippen LogP contribution in [-0.4, -0.2) is 29.9 Å². The van der Waals surface area contributed by atoms with Gasteiger partial charge in [0.15, 0.2) is 11.3 Å². The quantitative estimate of drug-likeness (QED) is 0.446. The van der Waals surface area contributed by atoms with Crippen molar-refractivity contribution in [3.05, 3.63) is 45.8 Å². The van der Waals surface area contributed by atoms with Gasteiger partial charge >= 0.3 is 0 Å². The summed E-state index contributed by atoms with van der Waals surface area (Å²) in [6.45, 7) is 0. The molecule has 0 spiro atoms. The Morgan fingerprint density at radius 1 is 0.850 bits per heavy atom. The lowest BCUT2D eigenvalue weighted by Crippen LogP contribution is -1.78. The molecule has 0 bridgehead atoms. The minimum Gasteiger partial charge on any atom is -0.342 e. The fourth-order valence-electron chi connectivity index (χ4n) is 1.63. The molecule has 4 rings (SSSR count). The fraction of sp³-hybridized carbons (Fsp3) is 0. The van der Waals surface area contributed by atoms with E-state index in [0.717, 1.165) is 20.3 Å². The Labute approximate surface area is 132 Å². The number of nitrogens with zero attached hydrogens (tertiary/aromatic N) is 4. The van der Waals surface area contributed by atoms with Crippen molar-refractivity contribution >= 4 is 56.5 Å². The summed E-state index contributed by atoms with van der Waals surface area (Å²) < 4.78 is 1.15. The normalized spacial score (nSPS) is 10.5. The molecule has 8 heteroatoms.